The summed E-state index contributed by atoms with van der Waals surface area (Å²) in [5, 5.41) is 2.99. The van der Waals surface area contributed by atoms with Gasteiger partial charge in [-0.25, -0.2) is 14.8 Å². The molecular weight excluding hydrogens is 484 g/mol. The molecule has 7 nitrogen and oxygen atoms in total. The van der Waals surface area contributed by atoms with Crippen LogP contribution in [-0.2, 0) is 6.42 Å². The van der Waals surface area contributed by atoms with Gasteiger partial charge in [0.1, 0.15) is 11.4 Å². The average Bonchev–Trinajstić information content (AvgIpc) is 3.59. The van der Waals surface area contributed by atoms with E-state index in [-0.39, 0.29) is 6.03 Å². The fraction of sp³-hybridized carbons (Fsp3) is 0.0800. The van der Waals surface area contributed by atoms with Crippen molar-refractivity contribution < 1.29 is 13.6 Å². The van der Waals surface area contributed by atoms with Crippen LogP contribution in [0.15, 0.2) is 86.5 Å². The number of aromatic nitrogens is 2. The van der Waals surface area contributed by atoms with E-state index < -0.39 is 0 Å². The maximum atomic E-state index is 13.0. The first-order valence-electron chi connectivity index (χ1n) is 10.4. The Hall–Kier alpha value is -3.91. The van der Waals surface area contributed by atoms with Crippen LogP contribution in [0.1, 0.15) is 5.56 Å². The van der Waals surface area contributed by atoms with Gasteiger partial charge in [-0.1, -0.05) is 15.9 Å². The number of carbonyl (C=O) groups is 1. The van der Waals surface area contributed by atoms with E-state index in [9.17, 15) is 4.79 Å². The first-order valence-corrected chi connectivity index (χ1v) is 11.2. The fourth-order valence-corrected chi connectivity index (χ4v) is 4.48. The summed E-state index contributed by atoms with van der Waals surface area (Å²) in [4.78, 5) is 24.3. The van der Waals surface area contributed by atoms with Gasteiger partial charge >= 0.3 is 6.03 Å². The molecule has 3 aromatic heterocycles. The van der Waals surface area contributed by atoms with Crippen molar-refractivity contribution in [2.45, 2.75) is 6.42 Å². The summed E-state index contributed by atoms with van der Waals surface area (Å²) in [6, 6.07) is 18.5. The zero-order chi connectivity index (χ0) is 22.4. The van der Waals surface area contributed by atoms with Gasteiger partial charge in [0.15, 0.2) is 11.5 Å². The summed E-state index contributed by atoms with van der Waals surface area (Å²) in [7, 11) is 0. The van der Waals surface area contributed by atoms with Crippen LogP contribution in [-0.4, -0.2) is 22.5 Å². The molecule has 0 radical (unpaired) electrons. The Bertz CT molecular complexity index is 1480. The third kappa shape index (κ3) is 3.58. The number of hydrogen-bond donors (Lipinski definition) is 1. The highest BCUT2D eigenvalue weighted by Crippen LogP contribution is 2.33. The van der Waals surface area contributed by atoms with Gasteiger partial charge in [0, 0.05) is 22.4 Å². The second kappa shape index (κ2) is 7.90. The van der Waals surface area contributed by atoms with E-state index in [4.69, 9.17) is 18.8 Å². The second-order valence-electron chi connectivity index (χ2n) is 7.68. The molecule has 0 saturated carbocycles. The zero-order valence-corrected chi connectivity index (χ0v) is 18.9. The number of amides is 2. The molecule has 1 N–H and O–H groups in total. The molecule has 33 heavy (non-hydrogen) atoms. The lowest BCUT2D eigenvalue weighted by molar-refractivity contribution is 0.257. The number of hydrogen-bond acceptors (Lipinski definition) is 5. The van der Waals surface area contributed by atoms with Crippen molar-refractivity contribution in [3.05, 3.63) is 83.2 Å². The van der Waals surface area contributed by atoms with Crippen molar-refractivity contribution in [2.75, 3.05) is 16.8 Å². The zero-order valence-electron chi connectivity index (χ0n) is 17.3. The smallest absolute Gasteiger partial charge is 0.326 e. The number of urea groups is 1. The number of benzene rings is 2. The number of halogens is 1. The van der Waals surface area contributed by atoms with Gasteiger partial charge in [-0.05, 0) is 72.6 Å². The Kier molecular flexibility index (Phi) is 4.73. The van der Waals surface area contributed by atoms with Gasteiger partial charge < -0.3 is 14.2 Å². The molecule has 8 heteroatoms. The van der Waals surface area contributed by atoms with Gasteiger partial charge in [-0.3, -0.25) is 4.90 Å². The highest BCUT2D eigenvalue weighted by Gasteiger charge is 2.25. The van der Waals surface area contributed by atoms with E-state index in [2.05, 4.69) is 27.3 Å². The lowest BCUT2D eigenvalue weighted by Crippen LogP contribution is -2.33. The number of rotatable bonds is 3. The van der Waals surface area contributed by atoms with Crippen molar-refractivity contribution in [3.8, 4) is 22.9 Å². The van der Waals surface area contributed by atoms with Crippen LogP contribution in [0.2, 0.25) is 0 Å². The number of nitrogens with zero attached hydrogens (tertiary/aromatic N) is 3. The molecule has 1 aliphatic rings. The number of furan rings is 2. The van der Waals surface area contributed by atoms with Crippen LogP contribution in [0.4, 0.5) is 16.2 Å². The standard InChI is InChI=1S/C25H17BrN4O3/c26-16-5-8-20-15(13-16)9-10-30(20)25(31)27-17-6-7-18-19(14-17)29-24(22-4-2-12-33-22)23(28-18)21-3-1-11-32-21/h1-8,11-14H,9-10H2,(H,27,31). The number of anilines is 2. The topological polar surface area (TPSA) is 84.4 Å². The molecule has 0 spiro atoms. The first-order chi connectivity index (χ1) is 16.2. The molecule has 6 rings (SSSR count). The monoisotopic (exact) mass is 500 g/mol. The van der Waals surface area contributed by atoms with Gasteiger partial charge in [0.2, 0.25) is 0 Å². The Morgan fingerprint density at radius 1 is 0.909 bits per heavy atom. The summed E-state index contributed by atoms with van der Waals surface area (Å²) in [6.07, 6.45) is 4.02. The van der Waals surface area contributed by atoms with Crippen molar-refractivity contribution in [1.82, 2.24) is 9.97 Å². The minimum absolute atomic E-state index is 0.179. The normalized spacial score (nSPS) is 12.8. The SMILES string of the molecule is O=C(Nc1ccc2nc(-c3ccco3)c(-c3ccco3)nc2c1)N1CCc2cc(Br)ccc21. The largest absolute Gasteiger partial charge is 0.463 e. The Morgan fingerprint density at radius 2 is 1.64 bits per heavy atom. The molecule has 0 unspecified atom stereocenters. The van der Waals surface area contributed by atoms with Crippen LogP contribution >= 0.6 is 15.9 Å². The Morgan fingerprint density at radius 3 is 2.33 bits per heavy atom. The average molecular weight is 501 g/mol. The Balaban J connectivity index is 1.35. The van der Waals surface area contributed by atoms with Crippen LogP contribution in [0.25, 0.3) is 33.9 Å². The molecule has 5 aromatic rings. The van der Waals surface area contributed by atoms with E-state index in [1.165, 1.54) is 0 Å². The molecule has 0 bridgehead atoms. The quantitative estimate of drug-likeness (QED) is 0.305. The van der Waals surface area contributed by atoms with E-state index in [1.807, 2.05) is 42.5 Å². The van der Waals surface area contributed by atoms with E-state index in [0.29, 0.717) is 46.2 Å². The summed E-state index contributed by atoms with van der Waals surface area (Å²) in [5.41, 5.74) is 5.22. The number of carbonyl (C=O) groups excluding carboxylic acids is 1. The number of fused-ring (bicyclic) bond motifs is 2. The molecule has 0 saturated heterocycles. The third-order valence-corrected chi connectivity index (χ3v) is 6.10. The Labute approximate surface area is 197 Å². The lowest BCUT2D eigenvalue weighted by atomic mass is 10.1. The number of nitrogens with one attached hydrogen (secondary N) is 1. The summed E-state index contributed by atoms with van der Waals surface area (Å²) < 4.78 is 12.2. The fourth-order valence-electron chi connectivity index (χ4n) is 4.07. The van der Waals surface area contributed by atoms with Gasteiger partial charge in [-0.15, -0.1) is 0 Å². The molecular formula is C25H17BrN4O3. The maximum absolute atomic E-state index is 13.0. The summed E-state index contributed by atoms with van der Waals surface area (Å²) >= 11 is 3.49. The lowest BCUT2D eigenvalue weighted by Gasteiger charge is -2.18. The molecule has 0 atom stereocenters. The van der Waals surface area contributed by atoms with E-state index in [1.54, 1.807) is 29.6 Å². The maximum Gasteiger partial charge on any atom is 0.326 e. The van der Waals surface area contributed by atoms with Crippen LogP contribution < -0.4 is 10.2 Å². The highest BCUT2D eigenvalue weighted by molar-refractivity contribution is 9.10. The van der Waals surface area contributed by atoms with Gasteiger partial charge in [-0.2, -0.15) is 0 Å². The van der Waals surface area contributed by atoms with Crippen LogP contribution in [0.5, 0.6) is 0 Å². The second-order valence-corrected chi connectivity index (χ2v) is 8.60. The molecule has 4 heterocycles. The molecule has 0 aliphatic carbocycles. The molecule has 0 fully saturated rings. The van der Waals surface area contributed by atoms with Gasteiger partial charge in [0.25, 0.3) is 0 Å². The van der Waals surface area contributed by atoms with Crippen LogP contribution in [0, 0.1) is 0 Å². The molecule has 2 aromatic carbocycles. The molecule has 162 valence electrons. The third-order valence-electron chi connectivity index (χ3n) is 5.61. The van der Waals surface area contributed by atoms with Crippen molar-refractivity contribution >= 4 is 44.4 Å². The van der Waals surface area contributed by atoms with Crippen LogP contribution in [0.3, 0.4) is 0 Å². The van der Waals surface area contributed by atoms with Gasteiger partial charge in [0.05, 0.1) is 23.6 Å². The van der Waals surface area contributed by atoms with E-state index >= 15 is 0 Å². The minimum atomic E-state index is -0.179. The predicted octanol–water partition coefficient (Wildman–Crippen LogP) is 6.51. The molecule has 2 amide bonds. The van der Waals surface area contributed by atoms with Crippen molar-refractivity contribution in [3.63, 3.8) is 0 Å². The van der Waals surface area contributed by atoms with E-state index in [0.717, 1.165) is 22.1 Å². The first kappa shape index (κ1) is 19.8. The molecule has 1 aliphatic heterocycles. The van der Waals surface area contributed by atoms with Crippen molar-refractivity contribution in [2.24, 2.45) is 0 Å². The summed E-state index contributed by atoms with van der Waals surface area (Å²) in [6.45, 7) is 0.639. The summed E-state index contributed by atoms with van der Waals surface area (Å²) in [5.74, 6) is 1.19. The minimum Gasteiger partial charge on any atom is -0.463 e. The van der Waals surface area contributed by atoms with Crippen molar-refractivity contribution in [1.29, 1.82) is 0 Å². The predicted molar refractivity (Wildman–Crippen MR) is 129 cm³/mol. The highest BCUT2D eigenvalue weighted by atomic mass is 79.9.